The number of rotatable bonds is 2. The number of hydrogen-bond acceptors (Lipinski definition) is 4. The molecular formula is C14H15ClN2O2S. The second-order valence-electron chi connectivity index (χ2n) is 4.91. The van der Waals surface area contributed by atoms with Crippen molar-refractivity contribution in [3.63, 3.8) is 0 Å². The number of hydrogen-bond donors (Lipinski definition) is 0. The minimum absolute atomic E-state index is 0.107. The van der Waals surface area contributed by atoms with Crippen molar-refractivity contribution >= 4 is 40.9 Å². The van der Waals surface area contributed by atoms with Gasteiger partial charge in [-0.15, -0.1) is 0 Å². The summed E-state index contributed by atoms with van der Waals surface area (Å²) in [6, 6.07) is 6.53. The molecule has 0 aromatic heterocycles. The maximum Gasteiger partial charge on any atom is 0.251 e. The van der Waals surface area contributed by atoms with Gasteiger partial charge in [0.25, 0.3) is 5.91 Å². The lowest BCUT2D eigenvalue weighted by Gasteiger charge is -2.30. The number of benzene rings is 1. The molecule has 3 rings (SSSR count). The number of halogens is 1. The number of carbonyl (C=O) groups is 2. The van der Waals surface area contributed by atoms with Gasteiger partial charge in [-0.25, -0.2) is 4.90 Å². The Kier molecular flexibility index (Phi) is 4.01. The van der Waals surface area contributed by atoms with E-state index in [1.807, 2.05) is 11.8 Å². The number of nitrogens with zero attached hydrogens (tertiary/aromatic N) is 2. The molecule has 2 heterocycles. The topological polar surface area (TPSA) is 40.6 Å². The molecule has 0 bridgehead atoms. The summed E-state index contributed by atoms with van der Waals surface area (Å²) in [4.78, 5) is 28.1. The average Bonchev–Trinajstić information content (AvgIpc) is 2.76. The number of thioether (sulfide) groups is 1. The van der Waals surface area contributed by atoms with Gasteiger partial charge in [0.15, 0.2) is 0 Å². The second-order valence-corrected chi connectivity index (χ2v) is 6.57. The number of anilines is 1. The van der Waals surface area contributed by atoms with E-state index in [2.05, 4.69) is 4.90 Å². The van der Waals surface area contributed by atoms with E-state index in [4.69, 9.17) is 11.6 Å². The van der Waals surface area contributed by atoms with Crippen LogP contribution in [0.15, 0.2) is 24.3 Å². The van der Waals surface area contributed by atoms with Crippen LogP contribution < -0.4 is 4.90 Å². The standard InChI is InChI=1S/C14H15ClN2O2S/c15-10-1-3-11(4-2-10)17-13(18)9-12(14(17)19)16-5-7-20-8-6-16/h1-4,12H,5-9H2/t12-/m0/s1. The quantitative estimate of drug-likeness (QED) is 0.784. The predicted octanol–water partition coefficient (Wildman–Crippen LogP) is 2.02. The predicted molar refractivity (Wildman–Crippen MR) is 81.2 cm³/mol. The minimum Gasteiger partial charge on any atom is -0.290 e. The molecular weight excluding hydrogens is 296 g/mol. The van der Waals surface area contributed by atoms with Crippen molar-refractivity contribution in [2.45, 2.75) is 12.5 Å². The molecule has 2 amide bonds. The minimum atomic E-state index is -0.293. The normalized spacial score (nSPS) is 24.4. The fourth-order valence-electron chi connectivity index (χ4n) is 2.65. The molecule has 0 aliphatic carbocycles. The highest BCUT2D eigenvalue weighted by Gasteiger charge is 2.42. The first kappa shape index (κ1) is 13.9. The zero-order chi connectivity index (χ0) is 14.1. The first-order valence-corrected chi connectivity index (χ1v) is 8.14. The van der Waals surface area contributed by atoms with E-state index in [-0.39, 0.29) is 24.3 Å². The summed E-state index contributed by atoms with van der Waals surface area (Å²) in [5.41, 5.74) is 0.610. The van der Waals surface area contributed by atoms with Crippen LogP contribution in [0.1, 0.15) is 6.42 Å². The molecule has 1 aromatic carbocycles. The zero-order valence-corrected chi connectivity index (χ0v) is 12.5. The molecule has 0 N–H and O–H groups in total. The van der Waals surface area contributed by atoms with Crippen LogP contribution in [0.4, 0.5) is 5.69 Å². The van der Waals surface area contributed by atoms with Gasteiger partial charge in [0.2, 0.25) is 5.91 Å². The van der Waals surface area contributed by atoms with E-state index in [1.54, 1.807) is 24.3 Å². The second kappa shape index (κ2) is 5.76. The van der Waals surface area contributed by atoms with Crippen LogP contribution in [0, 0.1) is 0 Å². The highest BCUT2D eigenvalue weighted by atomic mass is 35.5. The lowest BCUT2D eigenvalue weighted by molar-refractivity contribution is -0.122. The van der Waals surface area contributed by atoms with Crippen LogP contribution in [-0.4, -0.2) is 47.4 Å². The molecule has 1 atom stereocenters. The third-order valence-corrected chi connectivity index (χ3v) is 4.89. The molecule has 2 aliphatic rings. The Morgan fingerprint density at radius 1 is 1.10 bits per heavy atom. The van der Waals surface area contributed by atoms with Gasteiger partial charge >= 0.3 is 0 Å². The molecule has 0 saturated carbocycles. The van der Waals surface area contributed by atoms with Gasteiger partial charge in [-0.1, -0.05) is 11.6 Å². The molecule has 2 aliphatic heterocycles. The van der Waals surface area contributed by atoms with Gasteiger partial charge < -0.3 is 0 Å². The summed E-state index contributed by atoms with van der Waals surface area (Å²) >= 11 is 7.73. The van der Waals surface area contributed by atoms with Gasteiger partial charge in [0, 0.05) is 29.6 Å². The molecule has 0 unspecified atom stereocenters. The third kappa shape index (κ3) is 2.57. The van der Waals surface area contributed by atoms with Crippen LogP contribution in [0.3, 0.4) is 0 Å². The van der Waals surface area contributed by atoms with Crippen molar-refractivity contribution in [3.05, 3.63) is 29.3 Å². The Bertz CT molecular complexity index is 528. The Hall–Kier alpha value is -1.04. The molecule has 20 heavy (non-hydrogen) atoms. The highest BCUT2D eigenvalue weighted by molar-refractivity contribution is 7.99. The van der Waals surface area contributed by atoms with Crippen LogP contribution in [0.2, 0.25) is 5.02 Å². The summed E-state index contributed by atoms with van der Waals surface area (Å²) < 4.78 is 0. The van der Waals surface area contributed by atoms with Gasteiger partial charge in [-0.05, 0) is 24.3 Å². The Labute approximate surface area is 127 Å². The van der Waals surface area contributed by atoms with E-state index in [0.29, 0.717) is 10.7 Å². The fourth-order valence-corrected chi connectivity index (χ4v) is 3.71. The smallest absolute Gasteiger partial charge is 0.251 e. The maximum absolute atomic E-state index is 12.5. The Morgan fingerprint density at radius 2 is 1.75 bits per heavy atom. The molecule has 2 saturated heterocycles. The summed E-state index contributed by atoms with van der Waals surface area (Å²) in [5, 5.41) is 0.595. The van der Waals surface area contributed by atoms with Crippen molar-refractivity contribution in [2.24, 2.45) is 0 Å². The molecule has 4 nitrogen and oxygen atoms in total. The summed E-state index contributed by atoms with van der Waals surface area (Å²) in [7, 11) is 0. The van der Waals surface area contributed by atoms with Gasteiger partial charge in [0.1, 0.15) is 0 Å². The monoisotopic (exact) mass is 310 g/mol. The summed E-state index contributed by atoms with van der Waals surface area (Å²) in [5.74, 6) is 1.82. The van der Waals surface area contributed by atoms with E-state index < -0.39 is 0 Å². The van der Waals surface area contributed by atoms with Crippen molar-refractivity contribution in [1.29, 1.82) is 0 Å². The summed E-state index contributed by atoms with van der Waals surface area (Å²) in [6.45, 7) is 1.76. The van der Waals surface area contributed by atoms with Gasteiger partial charge in [-0.2, -0.15) is 11.8 Å². The van der Waals surface area contributed by atoms with Crippen LogP contribution in [0.25, 0.3) is 0 Å². The molecule has 1 aromatic rings. The van der Waals surface area contributed by atoms with Crippen molar-refractivity contribution in [3.8, 4) is 0 Å². The van der Waals surface area contributed by atoms with Gasteiger partial charge in [0.05, 0.1) is 18.2 Å². The third-order valence-electron chi connectivity index (χ3n) is 3.69. The van der Waals surface area contributed by atoms with E-state index in [9.17, 15) is 9.59 Å². The highest BCUT2D eigenvalue weighted by Crippen LogP contribution is 2.27. The zero-order valence-electron chi connectivity index (χ0n) is 10.9. The first-order valence-electron chi connectivity index (χ1n) is 6.61. The van der Waals surface area contributed by atoms with Crippen LogP contribution >= 0.6 is 23.4 Å². The fraction of sp³-hybridized carbons (Fsp3) is 0.429. The average molecular weight is 311 g/mol. The molecule has 106 valence electrons. The Balaban J connectivity index is 1.81. The van der Waals surface area contributed by atoms with E-state index >= 15 is 0 Å². The van der Waals surface area contributed by atoms with Crippen LogP contribution in [-0.2, 0) is 9.59 Å². The van der Waals surface area contributed by atoms with Crippen molar-refractivity contribution in [1.82, 2.24) is 4.90 Å². The van der Waals surface area contributed by atoms with E-state index in [0.717, 1.165) is 24.6 Å². The molecule has 0 spiro atoms. The SMILES string of the molecule is O=C1C[C@H](N2CCSCC2)C(=O)N1c1ccc(Cl)cc1. The Morgan fingerprint density at radius 3 is 2.40 bits per heavy atom. The van der Waals surface area contributed by atoms with Gasteiger partial charge in [-0.3, -0.25) is 14.5 Å². The number of carbonyl (C=O) groups excluding carboxylic acids is 2. The molecule has 0 radical (unpaired) electrons. The van der Waals surface area contributed by atoms with Crippen molar-refractivity contribution in [2.75, 3.05) is 29.5 Å². The molecule has 2 fully saturated rings. The lowest BCUT2D eigenvalue weighted by Crippen LogP contribution is -2.45. The van der Waals surface area contributed by atoms with Crippen molar-refractivity contribution < 1.29 is 9.59 Å². The lowest BCUT2D eigenvalue weighted by atomic mass is 10.2. The largest absolute Gasteiger partial charge is 0.290 e. The number of amides is 2. The van der Waals surface area contributed by atoms with Crippen LogP contribution in [0.5, 0.6) is 0 Å². The molecule has 6 heteroatoms. The number of imide groups is 1. The van der Waals surface area contributed by atoms with E-state index in [1.165, 1.54) is 4.90 Å². The summed E-state index contributed by atoms with van der Waals surface area (Å²) in [6.07, 6.45) is 0.284. The maximum atomic E-state index is 12.5. The first-order chi connectivity index (χ1) is 9.66.